The molecule has 4 heteroatoms. The standard InChI is InChI=1S/C28H35N3O/c1-22(2)31(23(3)4)20-11-21-32-27-18-16-26(17-19-27)30-28(24-12-7-5-8-13-24)29-25-14-9-6-10-15-25/h5-10,12-19,22-23H,11,20-21H2,1-4H3,(H,29,30). The van der Waals surface area contributed by atoms with E-state index in [1.165, 1.54) is 0 Å². The lowest BCUT2D eigenvalue weighted by Crippen LogP contribution is -2.38. The first-order chi connectivity index (χ1) is 15.5. The molecule has 0 saturated carbocycles. The third kappa shape index (κ3) is 7.24. The van der Waals surface area contributed by atoms with Crippen LogP contribution in [0.15, 0.2) is 89.9 Å². The van der Waals surface area contributed by atoms with Gasteiger partial charge in [0.05, 0.1) is 12.3 Å². The van der Waals surface area contributed by atoms with Crippen molar-refractivity contribution >= 4 is 17.2 Å². The molecule has 0 atom stereocenters. The summed E-state index contributed by atoms with van der Waals surface area (Å²) in [5.74, 6) is 1.69. The summed E-state index contributed by atoms with van der Waals surface area (Å²) in [6, 6.07) is 29.4. The van der Waals surface area contributed by atoms with Gasteiger partial charge in [0.1, 0.15) is 11.6 Å². The number of nitrogens with one attached hydrogen (secondary N) is 1. The molecular weight excluding hydrogens is 394 g/mol. The highest BCUT2D eigenvalue weighted by Gasteiger charge is 2.12. The minimum atomic E-state index is 0.551. The zero-order chi connectivity index (χ0) is 22.8. The van der Waals surface area contributed by atoms with E-state index in [0.29, 0.717) is 18.7 Å². The van der Waals surface area contributed by atoms with Crippen LogP contribution in [-0.4, -0.2) is 36.0 Å². The van der Waals surface area contributed by atoms with Crippen molar-refractivity contribution in [2.75, 3.05) is 18.5 Å². The summed E-state index contributed by atoms with van der Waals surface area (Å²) in [6.07, 6.45) is 1.01. The molecule has 3 aromatic rings. The molecule has 168 valence electrons. The van der Waals surface area contributed by atoms with Gasteiger partial charge in [-0.2, -0.15) is 0 Å². The number of ether oxygens (including phenoxy) is 1. The first kappa shape index (κ1) is 23.6. The maximum absolute atomic E-state index is 5.97. The molecule has 0 aliphatic carbocycles. The Morgan fingerprint density at radius 1 is 0.812 bits per heavy atom. The molecule has 3 aromatic carbocycles. The molecular formula is C28H35N3O. The lowest BCUT2D eigenvalue weighted by Gasteiger charge is -2.30. The van der Waals surface area contributed by atoms with Gasteiger partial charge in [-0.25, -0.2) is 4.99 Å². The highest BCUT2D eigenvalue weighted by atomic mass is 16.5. The van der Waals surface area contributed by atoms with Crippen LogP contribution in [0.2, 0.25) is 0 Å². The predicted molar refractivity (Wildman–Crippen MR) is 136 cm³/mol. The average Bonchev–Trinajstić information content (AvgIpc) is 2.80. The van der Waals surface area contributed by atoms with Crippen molar-refractivity contribution in [2.45, 2.75) is 46.2 Å². The van der Waals surface area contributed by atoms with Crippen LogP contribution in [0.5, 0.6) is 5.75 Å². The molecule has 0 aliphatic rings. The number of nitrogens with zero attached hydrogens (tertiary/aromatic N) is 2. The molecule has 0 saturated heterocycles. The van der Waals surface area contributed by atoms with E-state index in [1.807, 2.05) is 72.8 Å². The van der Waals surface area contributed by atoms with Crippen LogP contribution in [0.25, 0.3) is 0 Å². The van der Waals surface area contributed by atoms with Crippen molar-refractivity contribution in [1.29, 1.82) is 0 Å². The van der Waals surface area contributed by atoms with E-state index in [0.717, 1.165) is 41.5 Å². The van der Waals surface area contributed by atoms with Crippen LogP contribution in [-0.2, 0) is 0 Å². The highest BCUT2D eigenvalue weighted by Crippen LogP contribution is 2.20. The summed E-state index contributed by atoms with van der Waals surface area (Å²) in [5.41, 5.74) is 2.92. The summed E-state index contributed by atoms with van der Waals surface area (Å²) in [6.45, 7) is 10.7. The SMILES string of the molecule is CC(C)N(CCCOc1ccc(N=C(Nc2ccccc2)c2ccccc2)cc1)C(C)C. The number of aliphatic imine (C=N–C) groups is 1. The first-order valence-corrected chi connectivity index (χ1v) is 11.5. The summed E-state index contributed by atoms with van der Waals surface area (Å²) < 4.78 is 5.97. The molecule has 0 heterocycles. The van der Waals surface area contributed by atoms with Crippen molar-refractivity contribution < 1.29 is 4.74 Å². The quantitative estimate of drug-likeness (QED) is 0.220. The minimum Gasteiger partial charge on any atom is -0.494 e. The largest absolute Gasteiger partial charge is 0.494 e. The molecule has 0 radical (unpaired) electrons. The number of para-hydroxylation sites is 1. The molecule has 4 nitrogen and oxygen atoms in total. The van der Waals surface area contributed by atoms with Crippen molar-refractivity contribution in [1.82, 2.24) is 4.90 Å². The molecule has 32 heavy (non-hydrogen) atoms. The van der Waals surface area contributed by atoms with E-state index in [2.05, 4.69) is 50.0 Å². The monoisotopic (exact) mass is 429 g/mol. The second-order valence-corrected chi connectivity index (χ2v) is 8.44. The molecule has 0 spiro atoms. The van der Waals surface area contributed by atoms with Crippen LogP contribution in [0.4, 0.5) is 11.4 Å². The van der Waals surface area contributed by atoms with Gasteiger partial charge in [0.15, 0.2) is 0 Å². The van der Waals surface area contributed by atoms with E-state index in [1.54, 1.807) is 0 Å². The molecule has 0 amide bonds. The predicted octanol–water partition coefficient (Wildman–Crippen LogP) is 6.76. The molecule has 0 aliphatic heterocycles. The second kappa shape index (κ2) is 12.1. The third-order valence-electron chi connectivity index (χ3n) is 5.32. The molecule has 0 bridgehead atoms. The van der Waals surface area contributed by atoms with Gasteiger partial charge in [-0.3, -0.25) is 4.90 Å². The molecule has 1 N–H and O–H groups in total. The van der Waals surface area contributed by atoms with E-state index in [-0.39, 0.29) is 0 Å². The Bertz CT molecular complexity index is 943. The van der Waals surface area contributed by atoms with Crippen molar-refractivity contribution in [3.63, 3.8) is 0 Å². The smallest absolute Gasteiger partial charge is 0.138 e. The van der Waals surface area contributed by atoms with Crippen LogP contribution in [0.3, 0.4) is 0 Å². The van der Waals surface area contributed by atoms with Crippen LogP contribution in [0, 0.1) is 0 Å². The molecule has 0 fully saturated rings. The van der Waals surface area contributed by atoms with Gasteiger partial charge in [-0.05, 0) is 70.5 Å². The van der Waals surface area contributed by atoms with Gasteiger partial charge < -0.3 is 10.1 Å². The topological polar surface area (TPSA) is 36.9 Å². The van der Waals surface area contributed by atoms with Crippen molar-refractivity contribution in [2.24, 2.45) is 4.99 Å². The Morgan fingerprint density at radius 2 is 1.41 bits per heavy atom. The van der Waals surface area contributed by atoms with E-state index >= 15 is 0 Å². The van der Waals surface area contributed by atoms with Gasteiger partial charge in [0.25, 0.3) is 0 Å². The van der Waals surface area contributed by atoms with Crippen LogP contribution in [0.1, 0.15) is 39.7 Å². The fraction of sp³-hybridized carbons (Fsp3) is 0.321. The maximum atomic E-state index is 5.97. The lowest BCUT2D eigenvalue weighted by atomic mass is 10.2. The zero-order valence-electron chi connectivity index (χ0n) is 19.7. The van der Waals surface area contributed by atoms with Crippen LogP contribution < -0.4 is 10.1 Å². The number of benzene rings is 3. The zero-order valence-corrected chi connectivity index (χ0v) is 19.7. The van der Waals surface area contributed by atoms with E-state index < -0.39 is 0 Å². The van der Waals surface area contributed by atoms with Crippen LogP contribution >= 0.6 is 0 Å². The number of amidine groups is 1. The van der Waals surface area contributed by atoms with Gasteiger partial charge in [-0.1, -0.05) is 48.5 Å². The number of rotatable bonds is 10. The van der Waals surface area contributed by atoms with E-state index in [4.69, 9.17) is 9.73 Å². The summed E-state index contributed by atoms with van der Waals surface area (Å²) in [4.78, 5) is 7.36. The van der Waals surface area contributed by atoms with Gasteiger partial charge in [-0.15, -0.1) is 0 Å². The number of hydrogen-bond acceptors (Lipinski definition) is 3. The average molecular weight is 430 g/mol. The first-order valence-electron chi connectivity index (χ1n) is 11.5. The summed E-state index contributed by atoms with van der Waals surface area (Å²) >= 11 is 0. The Kier molecular flexibility index (Phi) is 8.88. The summed E-state index contributed by atoms with van der Waals surface area (Å²) in [5, 5.41) is 3.44. The summed E-state index contributed by atoms with van der Waals surface area (Å²) in [7, 11) is 0. The number of hydrogen-bond donors (Lipinski definition) is 1. The van der Waals surface area contributed by atoms with Crippen molar-refractivity contribution in [3.05, 3.63) is 90.5 Å². The molecule has 3 rings (SSSR count). The third-order valence-corrected chi connectivity index (χ3v) is 5.32. The maximum Gasteiger partial charge on any atom is 0.138 e. The lowest BCUT2D eigenvalue weighted by molar-refractivity contribution is 0.160. The van der Waals surface area contributed by atoms with E-state index in [9.17, 15) is 0 Å². The molecule has 0 aromatic heterocycles. The van der Waals surface area contributed by atoms with Gasteiger partial charge in [0, 0.05) is 29.9 Å². The fourth-order valence-electron chi connectivity index (χ4n) is 3.71. The van der Waals surface area contributed by atoms with Crippen molar-refractivity contribution in [3.8, 4) is 5.75 Å². The van der Waals surface area contributed by atoms with Gasteiger partial charge >= 0.3 is 0 Å². The minimum absolute atomic E-state index is 0.551. The normalized spacial score (nSPS) is 11.9. The van der Waals surface area contributed by atoms with Gasteiger partial charge in [0.2, 0.25) is 0 Å². The highest BCUT2D eigenvalue weighted by molar-refractivity contribution is 6.09. The Morgan fingerprint density at radius 3 is 2.00 bits per heavy atom. The molecule has 0 unspecified atom stereocenters. The number of anilines is 1. The Balaban J connectivity index is 1.63. The fourth-order valence-corrected chi connectivity index (χ4v) is 3.71. The second-order valence-electron chi connectivity index (χ2n) is 8.44. The Hall–Kier alpha value is -3.11. The Labute approximate surface area is 193 Å².